The number of amides is 1. The van der Waals surface area contributed by atoms with E-state index in [4.69, 9.17) is 8.94 Å². The van der Waals surface area contributed by atoms with E-state index in [0.29, 0.717) is 16.7 Å². The third kappa shape index (κ3) is 2.41. The Hall–Kier alpha value is -2.41. The minimum Gasteiger partial charge on any atom is -0.461 e. The van der Waals surface area contributed by atoms with Crippen LogP contribution in [0.25, 0.3) is 11.5 Å². The Morgan fingerprint density at radius 2 is 2.32 bits per heavy atom. The molecule has 0 bridgehead atoms. The van der Waals surface area contributed by atoms with E-state index >= 15 is 0 Å². The summed E-state index contributed by atoms with van der Waals surface area (Å²) in [5.41, 5.74) is 0.180. The van der Waals surface area contributed by atoms with Gasteiger partial charge in [0.15, 0.2) is 16.6 Å². The molecule has 0 aliphatic rings. The standard InChI is InChI=1S/C12H9N3O3S/c1-7-6-13-12(19-7)14-11(16)8-5-10(18-15-8)9-3-2-4-17-9/h2-6H,1H3,(H,13,14,16). The van der Waals surface area contributed by atoms with Crippen LogP contribution in [0.4, 0.5) is 5.13 Å². The highest BCUT2D eigenvalue weighted by Crippen LogP contribution is 2.22. The first-order chi connectivity index (χ1) is 9.22. The molecule has 0 saturated carbocycles. The molecule has 7 heteroatoms. The van der Waals surface area contributed by atoms with Gasteiger partial charge in [-0.25, -0.2) is 4.98 Å². The summed E-state index contributed by atoms with van der Waals surface area (Å²) in [5, 5.41) is 6.89. The van der Waals surface area contributed by atoms with Gasteiger partial charge in [0.1, 0.15) is 0 Å². The highest BCUT2D eigenvalue weighted by Gasteiger charge is 2.16. The van der Waals surface area contributed by atoms with Crippen molar-refractivity contribution >= 4 is 22.4 Å². The van der Waals surface area contributed by atoms with Gasteiger partial charge in [0.05, 0.1) is 6.26 Å². The predicted molar refractivity (Wildman–Crippen MR) is 69.0 cm³/mol. The Morgan fingerprint density at radius 3 is 3.00 bits per heavy atom. The van der Waals surface area contributed by atoms with Crippen molar-refractivity contribution in [3.8, 4) is 11.5 Å². The number of aryl methyl sites for hydroxylation is 1. The van der Waals surface area contributed by atoms with Crippen LogP contribution in [0, 0.1) is 6.92 Å². The largest absolute Gasteiger partial charge is 0.461 e. The molecule has 0 atom stereocenters. The first-order valence-electron chi connectivity index (χ1n) is 5.47. The van der Waals surface area contributed by atoms with E-state index in [1.807, 2.05) is 6.92 Å². The molecule has 0 aliphatic heterocycles. The van der Waals surface area contributed by atoms with Gasteiger partial charge in [-0.2, -0.15) is 0 Å². The van der Waals surface area contributed by atoms with E-state index in [0.717, 1.165) is 4.88 Å². The molecule has 0 saturated heterocycles. The van der Waals surface area contributed by atoms with Crippen LogP contribution >= 0.6 is 11.3 Å². The first-order valence-corrected chi connectivity index (χ1v) is 6.28. The number of hydrogen-bond donors (Lipinski definition) is 1. The molecule has 0 aliphatic carbocycles. The van der Waals surface area contributed by atoms with Crippen LogP contribution in [-0.2, 0) is 0 Å². The third-order valence-electron chi connectivity index (χ3n) is 2.35. The van der Waals surface area contributed by atoms with E-state index < -0.39 is 0 Å². The van der Waals surface area contributed by atoms with E-state index in [2.05, 4.69) is 15.5 Å². The molecule has 96 valence electrons. The summed E-state index contributed by atoms with van der Waals surface area (Å²) < 4.78 is 10.2. The normalized spacial score (nSPS) is 10.6. The van der Waals surface area contributed by atoms with Crippen molar-refractivity contribution in [2.24, 2.45) is 0 Å². The number of anilines is 1. The highest BCUT2D eigenvalue weighted by atomic mass is 32.1. The first kappa shape index (κ1) is 11.7. The number of rotatable bonds is 3. The van der Waals surface area contributed by atoms with Crippen molar-refractivity contribution in [1.82, 2.24) is 10.1 Å². The summed E-state index contributed by atoms with van der Waals surface area (Å²) in [6.07, 6.45) is 3.22. The van der Waals surface area contributed by atoms with Gasteiger partial charge < -0.3 is 8.94 Å². The lowest BCUT2D eigenvalue weighted by Gasteiger charge is -1.95. The van der Waals surface area contributed by atoms with Crippen LogP contribution in [0.15, 0.2) is 39.6 Å². The zero-order valence-electron chi connectivity index (χ0n) is 9.91. The lowest BCUT2D eigenvalue weighted by atomic mass is 10.3. The number of aromatic nitrogens is 2. The fourth-order valence-corrected chi connectivity index (χ4v) is 2.15. The van der Waals surface area contributed by atoms with Gasteiger partial charge in [0.2, 0.25) is 5.76 Å². The van der Waals surface area contributed by atoms with Crippen LogP contribution < -0.4 is 5.32 Å². The highest BCUT2D eigenvalue weighted by molar-refractivity contribution is 7.15. The average Bonchev–Trinajstić information content (AvgIpc) is 3.08. The number of carbonyl (C=O) groups is 1. The zero-order valence-corrected chi connectivity index (χ0v) is 10.7. The number of furan rings is 1. The summed E-state index contributed by atoms with van der Waals surface area (Å²) in [5.74, 6) is 0.568. The van der Waals surface area contributed by atoms with Crippen molar-refractivity contribution in [2.75, 3.05) is 5.32 Å². The molecule has 1 N–H and O–H groups in total. The Morgan fingerprint density at radius 1 is 1.42 bits per heavy atom. The Balaban J connectivity index is 1.77. The lowest BCUT2D eigenvalue weighted by molar-refractivity contribution is 0.101. The molecule has 19 heavy (non-hydrogen) atoms. The maximum atomic E-state index is 11.9. The third-order valence-corrected chi connectivity index (χ3v) is 3.18. The van der Waals surface area contributed by atoms with Gasteiger partial charge in [-0.1, -0.05) is 5.16 Å². The molecule has 1 amide bonds. The van der Waals surface area contributed by atoms with Crippen LogP contribution in [0.1, 0.15) is 15.4 Å². The fourth-order valence-electron chi connectivity index (χ4n) is 1.49. The van der Waals surface area contributed by atoms with E-state index in [9.17, 15) is 4.79 Å². The minimum atomic E-state index is -0.365. The van der Waals surface area contributed by atoms with Gasteiger partial charge >= 0.3 is 0 Å². The van der Waals surface area contributed by atoms with Gasteiger partial charge in [-0.05, 0) is 19.1 Å². The van der Waals surface area contributed by atoms with Crippen molar-refractivity contribution in [2.45, 2.75) is 6.92 Å². The summed E-state index contributed by atoms with van der Waals surface area (Å²) in [6, 6.07) is 4.98. The predicted octanol–water partition coefficient (Wildman–Crippen LogP) is 2.95. The summed E-state index contributed by atoms with van der Waals surface area (Å²) in [4.78, 5) is 17.0. The molecule has 0 fully saturated rings. The Labute approximate surface area is 112 Å². The summed E-state index contributed by atoms with van der Waals surface area (Å²) >= 11 is 1.40. The number of carbonyl (C=O) groups excluding carboxylic acids is 1. The summed E-state index contributed by atoms with van der Waals surface area (Å²) in [6.45, 7) is 1.92. The van der Waals surface area contributed by atoms with Gasteiger partial charge in [-0.3, -0.25) is 10.1 Å². The topological polar surface area (TPSA) is 81.2 Å². The number of nitrogens with zero attached hydrogens (tertiary/aromatic N) is 2. The monoisotopic (exact) mass is 275 g/mol. The van der Waals surface area contributed by atoms with Crippen LogP contribution in [0.5, 0.6) is 0 Å². The Kier molecular flexibility index (Phi) is 2.88. The second-order valence-corrected chi connectivity index (χ2v) is 5.02. The molecule has 0 aromatic carbocycles. The minimum absolute atomic E-state index is 0.180. The van der Waals surface area contributed by atoms with E-state index in [1.54, 1.807) is 18.3 Å². The number of thiazole rings is 1. The van der Waals surface area contributed by atoms with E-state index in [1.165, 1.54) is 23.7 Å². The van der Waals surface area contributed by atoms with Crippen LogP contribution in [-0.4, -0.2) is 16.0 Å². The van der Waals surface area contributed by atoms with Crippen molar-refractivity contribution < 1.29 is 13.7 Å². The van der Waals surface area contributed by atoms with Crippen LogP contribution in [0.3, 0.4) is 0 Å². The molecule has 3 aromatic heterocycles. The maximum absolute atomic E-state index is 11.9. The SMILES string of the molecule is Cc1cnc(NC(=O)c2cc(-c3ccco3)on2)s1. The molecular weight excluding hydrogens is 266 g/mol. The van der Waals surface area contributed by atoms with Gasteiger partial charge in [0, 0.05) is 17.1 Å². The van der Waals surface area contributed by atoms with Gasteiger partial charge in [0.25, 0.3) is 5.91 Å². The number of hydrogen-bond acceptors (Lipinski definition) is 6. The molecule has 3 aromatic rings. The molecule has 6 nitrogen and oxygen atoms in total. The van der Waals surface area contributed by atoms with Crippen molar-refractivity contribution in [1.29, 1.82) is 0 Å². The number of nitrogens with one attached hydrogen (secondary N) is 1. The molecule has 3 rings (SSSR count). The van der Waals surface area contributed by atoms with Crippen molar-refractivity contribution in [3.05, 3.63) is 41.2 Å². The second kappa shape index (κ2) is 4.69. The molecular formula is C12H9N3O3S. The molecule has 0 radical (unpaired) electrons. The second-order valence-electron chi connectivity index (χ2n) is 3.78. The zero-order chi connectivity index (χ0) is 13.2. The van der Waals surface area contributed by atoms with Crippen LogP contribution in [0.2, 0.25) is 0 Å². The molecule has 3 heterocycles. The lowest BCUT2D eigenvalue weighted by Crippen LogP contribution is -2.11. The van der Waals surface area contributed by atoms with E-state index in [-0.39, 0.29) is 11.6 Å². The van der Waals surface area contributed by atoms with Crippen molar-refractivity contribution in [3.63, 3.8) is 0 Å². The molecule has 0 spiro atoms. The maximum Gasteiger partial charge on any atom is 0.279 e. The quantitative estimate of drug-likeness (QED) is 0.794. The average molecular weight is 275 g/mol. The Bertz CT molecular complexity index is 699. The molecule has 0 unspecified atom stereocenters. The van der Waals surface area contributed by atoms with Gasteiger partial charge in [-0.15, -0.1) is 11.3 Å². The smallest absolute Gasteiger partial charge is 0.279 e. The summed E-state index contributed by atoms with van der Waals surface area (Å²) in [7, 11) is 0. The fraction of sp³-hybridized carbons (Fsp3) is 0.0833.